The van der Waals surface area contributed by atoms with Gasteiger partial charge in [-0.1, -0.05) is 54.6 Å². The van der Waals surface area contributed by atoms with Crippen LogP contribution in [0.25, 0.3) is 0 Å². The molecule has 4 rings (SSSR count). The van der Waals surface area contributed by atoms with Crippen LogP contribution in [-0.4, -0.2) is 35.1 Å². The summed E-state index contributed by atoms with van der Waals surface area (Å²) in [4.78, 5) is 25.3. The number of halogens is 3. The lowest BCUT2D eigenvalue weighted by Crippen LogP contribution is -2.58. The zero-order valence-corrected chi connectivity index (χ0v) is 19.8. The molecule has 0 radical (unpaired) electrons. The number of quaternary nitrogens is 1. The number of carboxylic acids is 1. The Labute approximate surface area is 207 Å². The number of methoxy groups -OCH3 is 1. The van der Waals surface area contributed by atoms with Gasteiger partial charge in [-0.25, -0.2) is 9.28 Å². The lowest BCUT2D eigenvalue weighted by molar-refractivity contribution is -0.895. The fraction of sp³-hybridized carbons (Fsp3) is 0.286. The van der Waals surface area contributed by atoms with Crippen LogP contribution in [0.2, 0.25) is 0 Å². The van der Waals surface area contributed by atoms with Gasteiger partial charge in [0.2, 0.25) is 0 Å². The normalized spacial score (nSPS) is 19.4. The van der Waals surface area contributed by atoms with E-state index in [2.05, 4.69) is 0 Å². The third-order valence-electron chi connectivity index (χ3n) is 6.82. The molecule has 0 fully saturated rings. The van der Waals surface area contributed by atoms with Crippen molar-refractivity contribution in [3.05, 3.63) is 101 Å². The van der Waals surface area contributed by atoms with E-state index in [4.69, 9.17) is 4.74 Å². The topological polar surface area (TPSA) is 63.6 Å². The number of carbonyl (C=O) groups excluding carboxylic acids is 1. The van der Waals surface area contributed by atoms with Gasteiger partial charge in [0.15, 0.2) is 0 Å². The van der Waals surface area contributed by atoms with Crippen molar-refractivity contribution in [1.82, 2.24) is 0 Å². The van der Waals surface area contributed by atoms with Crippen LogP contribution < -0.4 is 4.74 Å². The van der Waals surface area contributed by atoms with Crippen molar-refractivity contribution in [2.24, 2.45) is 0 Å². The fourth-order valence-corrected chi connectivity index (χ4v) is 5.24. The Morgan fingerprint density at radius 2 is 1.72 bits per heavy atom. The van der Waals surface area contributed by atoms with Gasteiger partial charge in [-0.15, -0.1) is 0 Å². The predicted molar refractivity (Wildman–Crippen MR) is 127 cm³/mol. The summed E-state index contributed by atoms with van der Waals surface area (Å²) in [7, 11) is 1.57. The van der Waals surface area contributed by atoms with E-state index in [0.29, 0.717) is 24.3 Å². The zero-order valence-electron chi connectivity index (χ0n) is 19.8. The van der Waals surface area contributed by atoms with Crippen molar-refractivity contribution in [3.8, 4) is 5.75 Å². The summed E-state index contributed by atoms with van der Waals surface area (Å²) in [5, 5.41) is 9.27. The lowest BCUT2D eigenvalue weighted by atomic mass is 9.84. The predicted octanol–water partition coefficient (Wildman–Crippen LogP) is 5.77. The largest absolute Gasteiger partial charge is 0.496 e. The van der Waals surface area contributed by atoms with Crippen LogP contribution >= 0.6 is 0 Å². The molecule has 1 heterocycles. The first-order valence-electron chi connectivity index (χ1n) is 11.6. The van der Waals surface area contributed by atoms with Crippen molar-refractivity contribution in [2.75, 3.05) is 13.7 Å². The van der Waals surface area contributed by atoms with Crippen LogP contribution in [0.1, 0.15) is 46.7 Å². The summed E-state index contributed by atoms with van der Waals surface area (Å²) in [6.45, 7) is 0.292. The molecule has 2 atom stereocenters. The highest BCUT2D eigenvalue weighted by Crippen LogP contribution is 2.46. The molecule has 0 aliphatic carbocycles. The Bertz CT molecular complexity index is 1260. The molecular formula is C28H27F3NO4+. The number of rotatable bonds is 7. The third kappa shape index (κ3) is 4.99. The molecule has 1 aliphatic heterocycles. The molecule has 5 nitrogen and oxygen atoms in total. The van der Waals surface area contributed by atoms with Crippen LogP contribution in [0.4, 0.5) is 13.2 Å². The van der Waals surface area contributed by atoms with Crippen molar-refractivity contribution in [2.45, 2.75) is 38.0 Å². The number of hydrogen-bond donors (Lipinski definition) is 1. The van der Waals surface area contributed by atoms with Gasteiger partial charge in [0.1, 0.15) is 18.3 Å². The van der Waals surface area contributed by atoms with Gasteiger partial charge >= 0.3 is 18.1 Å². The van der Waals surface area contributed by atoms with E-state index in [1.54, 1.807) is 13.2 Å². The van der Waals surface area contributed by atoms with Crippen LogP contribution in [-0.2, 0) is 28.7 Å². The van der Waals surface area contributed by atoms with E-state index in [-0.39, 0.29) is 29.8 Å². The van der Waals surface area contributed by atoms with Gasteiger partial charge < -0.3 is 9.84 Å². The van der Waals surface area contributed by atoms with E-state index in [9.17, 15) is 27.9 Å². The molecule has 0 spiro atoms. The maximum absolute atomic E-state index is 13.9. The summed E-state index contributed by atoms with van der Waals surface area (Å²) in [5.41, 5.74) is 2.19. The average Bonchev–Trinajstić information content (AvgIpc) is 2.86. The minimum Gasteiger partial charge on any atom is -0.496 e. The van der Waals surface area contributed by atoms with Crippen LogP contribution in [0.5, 0.6) is 5.75 Å². The molecule has 0 bridgehead atoms. The van der Waals surface area contributed by atoms with E-state index in [0.717, 1.165) is 28.8 Å². The van der Waals surface area contributed by atoms with Crippen molar-refractivity contribution in [3.63, 3.8) is 0 Å². The number of carbonyl (C=O) groups is 2. The van der Waals surface area contributed by atoms with Gasteiger partial charge in [-0.3, -0.25) is 4.79 Å². The Hall–Kier alpha value is -3.65. The molecule has 0 aromatic heterocycles. The molecule has 3 aromatic rings. The minimum absolute atomic E-state index is 0.00141. The number of ether oxygens (including phenoxy) is 1. The van der Waals surface area contributed by atoms with E-state index >= 15 is 0 Å². The maximum atomic E-state index is 13.9. The summed E-state index contributed by atoms with van der Waals surface area (Å²) < 4.78 is 45.8. The Kier molecular flexibility index (Phi) is 7.17. The van der Waals surface area contributed by atoms with Crippen LogP contribution in [0.3, 0.4) is 0 Å². The number of carboxylic acid groups (broad SMARTS) is 1. The number of alkyl halides is 3. The van der Waals surface area contributed by atoms with Gasteiger partial charge in [0.05, 0.1) is 32.1 Å². The molecule has 0 saturated heterocycles. The second-order valence-electron chi connectivity index (χ2n) is 8.99. The highest BCUT2D eigenvalue weighted by atomic mass is 19.4. The number of aliphatic carboxylic acids is 1. The minimum atomic E-state index is -4.52. The second kappa shape index (κ2) is 10.1. The zero-order chi connectivity index (χ0) is 25.9. The Morgan fingerprint density at radius 1 is 1.00 bits per heavy atom. The highest BCUT2D eigenvalue weighted by Gasteiger charge is 2.49. The Balaban J connectivity index is 1.91. The number of benzene rings is 3. The first-order chi connectivity index (χ1) is 17.2. The van der Waals surface area contributed by atoms with Gasteiger partial charge in [0, 0.05) is 28.7 Å². The van der Waals surface area contributed by atoms with Crippen molar-refractivity contribution in [1.29, 1.82) is 0 Å². The molecule has 1 aliphatic rings. The average molecular weight is 499 g/mol. The molecule has 1 N–H and O–H groups in total. The summed E-state index contributed by atoms with van der Waals surface area (Å²) in [6.07, 6.45) is -4.64. The quantitative estimate of drug-likeness (QED) is 0.420. The summed E-state index contributed by atoms with van der Waals surface area (Å²) in [5.74, 6) is -0.740. The van der Waals surface area contributed by atoms with E-state index in [1.165, 1.54) is 6.07 Å². The summed E-state index contributed by atoms with van der Waals surface area (Å²) >= 11 is 0. The van der Waals surface area contributed by atoms with Crippen LogP contribution in [0, 0.1) is 0 Å². The van der Waals surface area contributed by atoms with E-state index in [1.807, 2.05) is 48.5 Å². The van der Waals surface area contributed by atoms with Gasteiger partial charge in [0.25, 0.3) is 0 Å². The van der Waals surface area contributed by atoms with Gasteiger partial charge in [-0.05, 0) is 18.2 Å². The first-order valence-corrected chi connectivity index (χ1v) is 11.6. The maximum Gasteiger partial charge on any atom is 0.416 e. The highest BCUT2D eigenvalue weighted by molar-refractivity contribution is 5.77. The lowest BCUT2D eigenvalue weighted by Gasteiger charge is -2.46. The monoisotopic (exact) mass is 498 g/mol. The van der Waals surface area contributed by atoms with E-state index < -0.39 is 23.8 Å². The third-order valence-corrected chi connectivity index (χ3v) is 6.82. The fourth-order valence-electron chi connectivity index (χ4n) is 5.24. The molecule has 188 valence electrons. The molecular weight excluding hydrogens is 471 g/mol. The summed E-state index contributed by atoms with van der Waals surface area (Å²) in [6, 6.07) is 19.4. The first kappa shape index (κ1) is 25.4. The van der Waals surface area contributed by atoms with Crippen molar-refractivity contribution < 1.29 is 37.1 Å². The number of amides is 1. The van der Waals surface area contributed by atoms with Gasteiger partial charge in [-0.2, -0.15) is 13.2 Å². The molecule has 3 aromatic carbocycles. The smallest absolute Gasteiger partial charge is 0.416 e. The second-order valence-corrected chi connectivity index (χ2v) is 8.99. The molecule has 2 unspecified atom stereocenters. The SMILES string of the molecule is COc1cccc2c1CC[N+](Cc1cccc(C(F)(F)F)c1)(C(=O)CCC(=O)O)C2c1ccccc1. The Morgan fingerprint density at radius 3 is 2.39 bits per heavy atom. The standard InChI is InChI=1S/C28H26F3NO4/c1-36-24-12-6-11-23-22(24)15-16-32(25(33)13-14-26(34)35,27(23)20-8-3-2-4-9-20)18-19-7-5-10-21(17-19)28(29,30)31/h2-12,17,27H,13-16,18H2,1H3/p+1. The number of hydrogen-bond acceptors (Lipinski definition) is 3. The molecule has 8 heteroatoms. The van der Waals surface area contributed by atoms with Crippen LogP contribution in [0.15, 0.2) is 72.8 Å². The molecule has 0 saturated carbocycles. The molecule has 36 heavy (non-hydrogen) atoms. The van der Waals surface area contributed by atoms with Crippen molar-refractivity contribution >= 4 is 11.9 Å². The molecule has 1 amide bonds. The number of nitrogens with zero attached hydrogens (tertiary/aromatic N) is 1. The number of fused-ring (bicyclic) bond motifs is 1.